The summed E-state index contributed by atoms with van der Waals surface area (Å²) in [6.45, 7) is 0.891. The molecule has 0 unspecified atom stereocenters. The Morgan fingerprint density at radius 1 is 1.48 bits per heavy atom. The normalized spacial score (nSPS) is 13.5. The van der Waals surface area contributed by atoms with Crippen LogP contribution in [0.3, 0.4) is 0 Å². The van der Waals surface area contributed by atoms with Crippen LogP contribution in [0.4, 0.5) is 0 Å². The molecule has 1 aromatic rings. The summed E-state index contributed by atoms with van der Waals surface area (Å²) in [6, 6.07) is 7.95. The van der Waals surface area contributed by atoms with Crippen LogP contribution in [0.1, 0.15) is 24.8 Å². The lowest BCUT2D eigenvalue weighted by molar-refractivity contribution is -0.123. The Hall–Kier alpha value is -1.77. The third-order valence-electron chi connectivity index (χ3n) is 3.14. The molecule has 0 atom stereocenters. The van der Waals surface area contributed by atoms with Crippen molar-refractivity contribution in [2.45, 2.75) is 31.8 Å². The van der Waals surface area contributed by atoms with Gasteiger partial charge in [0.1, 0.15) is 5.75 Å². The van der Waals surface area contributed by atoms with Gasteiger partial charge in [0.25, 0.3) is 5.91 Å². The Morgan fingerprint density at radius 2 is 2.29 bits per heavy atom. The van der Waals surface area contributed by atoms with Gasteiger partial charge in [0.15, 0.2) is 6.61 Å². The van der Waals surface area contributed by atoms with Crippen LogP contribution in [0, 0.1) is 11.3 Å². The molecule has 0 heterocycles. The van der Waals surface area contributed by atoms with E-state index in [2.05, 4.69) is 10.6 Å². The highest BCUT2D eigenvalue weighted by Gasteiger charge is 2.21. The van der Waals surface area contributed by atoms with Crippen molar-refractivity contribution in [3.05, 3.63) is 28.8 Å². The van der Waals surface area contributed by atoms with Crippen molar-refractivity contribution in [1.29, 1.82) is 5.26 Å². The highest BCUT2D eigenvalue weighted by Crippen LogP contribution is 2.28. The molecular formula is C15H18ClN3O2. The molecule has 0 aromatic heterocycles. The highest BCUT2D eigenvalue weighted by atomic mass is 35.5. The number of hydrogen-bond acceptors (Lipinski definition) is 4. The van der Waals surface area contributed by atoms with Crippen molar-refractivity contribution < 1.29 is 9.53 Å². The van der Waals surface area contributed by atoms with Crippen molar-refractivity contribution in [1.82, 2.24) is 10.6 Å². The molecule has 2 N–H and O–H groups in total. The Morgan fingerprint density at radius 3 is 3.00 bits per heavy atom. The minimum absolute atomic E-state index is 0.0812. The van der Waals surface area contributed by atoms with Gasteiger partial charge in [-0.2, -0.15) is 5.26 Å². The summed E-state index contributed by atoms with van der Waals surface area (Å²) in [6.07, 6.45) is 2.68. The summed E-state index contributed by atoms with van der Waals surface area (Å²) in [4.78, 5) is 11.6. The van der Waals surface area contributed by atoms with E-state index in [1.54, 1.807) is 12.1 Å². The second-order valence-electron chi connectivity index (χ2n) is 4.92. The molecule has 1 aliphatic carbocycles. The number of carbonyl (C=O) groups is 1. The highest BCUT2D eigenvalue weighted by molar-refractivity contribution is 6.31. The van der Waals surface area contributed by atoms with E-state index in [1.807, 2.05) is 12.1 Å². The van der Waals surface area contributed by atoms with Crippen LogP contribution in [0.2, 0.25) is 5.02 Å². The number of nitrogens with one attached hydrogen (secondary N) is 2. The second kappa shape index (κ2) is 7.87. The van der Waals surface area contributed by atoms with Crippen LogP contribution < -0.4 is 15.4 Å². The first-order chi connectivity index (χ1) is 10.2. The summed E-state index contributed by atoms with van der Waals surface area (Å²) in [5, 5.41) is 15.0. The summed E-state index contributed by atoms with van der Waals surface area (Å²) in [5.74, 6) is 0.373. The zero-order valence-electron chi connectivity index (χ0n) is 11.7. The maximum absolute atomic E-state index is 11.6. The van der Waals surface area contributed by atoms with Crippen LogP contribution in [0.15, 0.2) is 18.2 Å². The first-order valence-corrected chi connectivity index (χ1v) is 7.35. The number of amides is 1. The quantitative estimate of drug-likeness (QED) is 0.720. The Labute approximate surface area is 129 Å². The van der Waals surface area contributed by atoms with Gasteiger partial charge in [-0.25, -0.2) is 0 Å². The van der Waals surface area contributed by atoms with Gasteiger partial charge in [0.05, 0.1) is 12.5 Å². The topological polar surface area (TPSA) is 74.2 Å². The molecule has 1 saturated carbocycles. The molecule has 1 aromatic carbocycles. The second-order valence-corrected chi connectivity index (χ2v) is 5.33. The lowest BCUT2D eigenvalue weighted by atomic mass is 10.2. The average molecular weight is 308 g/mol. The van der Waals surface area contributed by atoms with Gasteiger partial charge >= 0.3 is 0 Å². The van der Waals surface area contributed by atoms with E-state index in [0.29, 0.717) is 36.3 Å². The van der Waals surface area contributed by atoms with E-state index >= 15 is 0 Å². The zero-order chi connectivity index (χ0) is 15.1. The summed E-state index contributed by atoms with van der Waals surface area (Å²) in [5.41, 5.74) is 0.871. The van der Waals surface area contributed by atoms with Crippen LogP contribution >= 0.6 is 11.6 Å². The minimum Gasteiger partial charge on any atom is -0.483 e. The van der Waals surface area contributed by atoms with Crippen molar-refractivity contribution in [3.63, 3.8) is 0 Å². The van der Waals surface area contributed by atoms with Crippen LogP contribution in [0.25, 0.3) is 0 Å². The molecule has 1 fully saturated rings. The summed E-state index contributed by atoms with van der Waals surface area (Å²) in [7, 11) is 0. The van der Waals surface area contributed by atoms with Crippen molar-refractivity contribution in [2.24, 2.45) is 0 Å². The molecule has 6 heteroatoms. The van der Waals surface area contributed by atoms with E-state index in [4.69, 9.17) is 21.6 Å². The maximum atomic E-state index is 11.6. The van der Waals surface area contributed by atoms with Crippen molar-refractivity contribution >= 4 is 17.5 Å². The first-order valence-electron chi connectivity index (χ1n) is 6.98. The van der Waals surface area contributed by atoms with Crippen molar-refractivity contribution in [2.75, 3.05) is 13.2 Å². The molecule has 1 amide bonds. The molecule has 21 heavy (non-hydrogen) atoms. The molecule has 0 aliphatic heterocycles. The van der Waals surface area contributed by atoms with Crippen molar-refractivity contribution in [3.8, 4) is 11.8 Å². The van der Waals surface area contributed by atoms with Gasteiger partial charge in [-0.15, -0.1) is 0 Å². The van der Waals surface area contributed by atoms with Gasteiger partial charge in [0, 0.05) is 29.7 Å². The molecule has 112 valence electrons. The molecule has 0 spiro atoms. The molecule has 2 rings (SSSR count). The van der Waals surface area contributed by atoms with E-state index in [-0.39, 0.29) is 12.5 Å². The van der Waals surface area contributed by atoms with E-state index in [1.165, 1.54) is 12.8 Å². The lowest BCUT2D eigenvalue weighted by Gasteiger charge is -2.13. The molecular weight excluding hydrogens is 290 g/mol. The fraction of sp³-hybridized carbons (Fsp3) is 0.467. The molecule has 0 saturated heterocycles. The first kappa shape index (κ1) is 15.6. The maximum Gasteiger partial charge on any atom is 0.257 e. The fourth-order valence-corrected chi connectivity index (χ4v) is 2.06. The number of rotatable bonds is 8. The van der Waals surface area contributed by atoms with Gasteiger partial charge < -0.3 is 15.4 Å². The predicted octanol–water partition coefficient (Wildman–Crippen LogP) is 2.00. The number of carbonyl (C=O) groups excluding carboxylic acids is 1. The van der Waals surface area contributed by atoms with Gasteiger partial charge in [-0.05, 0) is 25.0 Å². The standard InChI is InChI=1S/C15H18ClN3O2/c16-13-3-1-4-14(12(13)9-19-11-5-6-11)21-10-15(20)18-8-2-7-17/h1,3-4,11,19H,2,5-6,8-10H2,(H,18,20). The number of hydrogen-bond donors (Lipinski definition) is 2. The Kier molecular flexibility index (Phi) is 5.85. The summed E-state index contributed by atoms with van der Waals surface area (Å²) < 4.78 is 5.54. The smallest absolute Gasteiger partial charge is 0.257 e. The lowest BCUT2D eigenvalue weighted by Crippen LogP contribution is -2.29. The minimum atomic E-state index is -0.244. The largest absolute Gasteiger partial charge is 0.483 e. The van der Waals surface area contributed by atoms with Gasteiger partial charge in [-0.1, -0.05) is 17.7 Å². The number of ether oxygens (including phenoxy) is 1. The van der Waals surface area contributed by atoms with Crippen LogP contribution in [-0.4, -0.2) is 25.1 Å². The van der Waals surface area contributed by atoms with Gasteiger partial charge in [0.2, 0.25) is 0 Å². The van der Waals surface area contributed by atoms with E-state index in [9.17, 15) is 4.79 Å². The van der Waals surface area contributed by atoms with Crippen LogP contribution in [0.5, 0.6) is 5.75 Å². The van der Waals surface area contributed by atoms with E-state index < -0.39 is 0 Å². The van der Waals surface area contributed by atoms with Crippen LogP contribution in [-0.2, 0) is 11.3 Å². The monoisotopic (exact) mass is 307 g/mol. The van der Waals surface area contributed by atoms with Gasteiger partial charge in [-0.3, -0.25) is 4.79 Å². The predicted molar refractivity (Wildman–Crippen MR) is 80.0 cm³/mol. The third kappa shape index (κ3) is 5.25. The Balaban J connectivity index is 1.87. The zero-order valence-corrected chi connectivity index (χ0v) is 12.4. The fourth-order valence-electron chi connectivity index (χ4n) is 1.83. The number of benzene rings is 1. The summed E-state index contributed by atoms with van der Waals surface area (Å²) >= 11 is 6.19. The molecule has 1 aliphatic rings. The SMILES string of the molecule is N#CCCNC(=O)COc1cccc(Cl)c1CNC1CC1. The third-order valence-corrected chi connectivity index (χ3v) is 3.49. The Bertz CT molecular complexity index is 538. The number of nitriles is 1. The average Bonchev–Trinajstić information content (AvgIpc) is 3.28. The molecule has 0 radical (unpaired) electrons. The van der Waals surface area contributed by atoms with E-state index in [0.717, 1.165) is 5.56 Å². The molecule has 0 bridgehead atoms. The number of nitrogens with zero attached hydrogens (tertiary/aromatic N) is 1. The number of halogens is 1. The molecule has 5 nitrogen and oxygen atoms in total.